The Morgan fingerprint density at radius 3 is 2.48 bits per heavy atom. The molecule has 0 fully saturated rings. The second kappa shape index (κ2) is 8.03. The lowest BCUT2D eigenvalue weighted by atomic mass is 9.95. The highest BCUT2D eigenvalue weighted by molar-refractivity contribution is 6.30. The van der Waals surface area contributed by atoms with Crippen LogP contribution in [0.4, 0.5) is 23.4 Å². The number of benzene rings is 2. The molecule has 0 spiro atoms. The van der Waals surface area contributed by atoms with Crippen molar-refractivity contribution >= 4 is 28.3 Å². The van der Waals surface area contributed by atoms with Crippen molar-refractivity contribution in [2.45, 2.75) is 12.2 Å². The van der Waals surface area contributed by atoms with Crippen molar-refractivity contribution in [2.75, 3.05) is 5.32 Å². The van der Waals surface area contributed by atoms with E-state index in [1.54, 1.807) is 36.4 Å². The van der Waals surface area contributed by atoms with Gasteiger partial charge in [0, 0.05) is 23.3 Å². The molecule has 0 amide bonds. The minimum absolute atomic E-state index is 0.160. The van der Waals surface area contributed by atoms with E-state index < -0.39 is 23.6 Å². The molecular weight excluding hydrogens is 434 g/mol. The van der Waals surface area contributed by atoms with E-state index in [1.807, 2.05) is 0 Å². The number of phenols is 1. The van der Waals surface area contributed by atoms with Crippen molar-refractivity contribution in [3.8, 4) is 5.75 Å². The Morgan fingerprint density at radius 1 is 1.00 bits per heavy atom. The van der Waals surface area contributed by atoms with E-state index in [-0.39, 0.29) is 11.3 Å². The van der Waals surface area contributed by atoms with Crippen LogP contribution in [0.2, 0.25) is 5.02 Å². The summed E-state index contributed by atoms with van der Waals surface area (Å²) in [7, 11) is 0. The molecule has 0 aliphatic heterocycles. The highest BCUT2D eigenvalue weighted by atomic mass is 35.5. The van der Waals surface area contributed by atoms with Crippen LogP contribution in [0.3, 0.4) is 0 Å². The van der Waals surface area contributed by atoms with Crippen molar-refractivity contribution in [3.05, 3.63) is 94.5 Å². The SMILES string of the molecule is Oc1c(C(Nc2ccc(Cl)cn2)c2ccc(C(F)(F)F)c(F)c2)ccc2cccnc12. The second-order valence-electron chi connectivity index (χ2n) is 6.75. The van der Waals surface area contributed by atoms with Gasteiger partial charge in [-0.2, -0.15) is 13.2 Å². The lowest BCUT2D eigenvalue weighted by Crippen LogP contribution is -2.15. The van der Waals surface area contributed by atoms with Crippen LogP contribution >= 0.6 is 11.6 Å². The number of phenolic OH excluding ortho intramolecular Hbond substituents is 1. The molecule has 1 atom stereocenters. The number of hydrogen-bond acceptors (Lipinski definition) is 4. The van der Waals surface area contributed by atoms with Crippen molar-refractivity contribution in [1.29, 1.82) is 0 Å². The summed E-state index contributed by atoms with van der Waals surface area (Å²) in [5, 5.41) is 14.9. The summed E-state index contributed by atoms with van der Waals surface area (Å²) in [6, 6.07) is 11.6. The molecule has 158 valence electrons. The van der Waals surface area contributed by atoms with Gasteiger partial charge in [0.1, 0.15) is 22.9 Å². The number of rotatable bonds is 4. The molecule has 2 N–H and O–H groups in total. The Bertz CT molecular complexity index is 1250. The average molecular weight is 448 g/mol. The highest BCUT2D eigenvalue weighted by Crippen LogP contribution is 2.38. The molecule has 2 aromatic heterocycles. The number of pyridine rings is 2. The van der Waals surface area contributed by atoms with E-state index in [1.165, 1.54) is 12.4 Å². The molecule has 2 aromatic carbocycles. The molecule has 2 heterocycles. The van der Waals surface area contributed by atoms with Crippen LogP contribution in [0, 0.1) is 5.82 Å². The van der Waals surface area contributed by atoms with Crippen LogP contribution in [0.1, 0.15) is 22.7 Å². The van der Waals surface area contributed by atoms with Crippen LogP contribution < -0.4 is 5.32 Å². The molecule has 0 aliphatic rings. The summed E-state index contributed by atoms with van der Waals surface area (Å²) in [6.45, 7) is 0. The first-order valence-electron chi connectivity index (χ1n) is 9.05. The van der Waals surface area contributed by atoms with Gasteiger partial charge in [0.2, 0.25) is 0 Å². The van der Waals surface area contributed by atoms with Gasteiger partial charge in [-0.1, -0.05) is 35.9 Å². The molecule has 0 aliphatic carbocycles. The van der Waals surface area contributed by atoms with Gasteiger partial charge in [-0.15, -0.1) is 0 Å². The Balaban J connectivity index is 1.85. The smallest absolute Gasteiger partial charge is 0.419 e. The molecule has 0 bridgehead atoms. The van der Waals surface area contributed by atoms with Crippen molar-refractivity contribution in [2.24, 2.45) is 0 Å². The molecule has 1 unspecified atom stereocenters. The fraction of sp³-hybridized carbons (Fsp3) is 0.0909. The monoisotopic (exact) mass is 447 g/mol. The maximum absolute atomic E-state index is 14.3. The molecule has 0 radical (unpaired) electrons. The normalized spacial score (nSPS) is 12.7. The topological polar surface area (TPSA) is 58.0 Å². The minimum atomic E-state index is -4.82. The first-order chi connectivity index (χ1) is 14.7. The number of aromatic hydroxyl groups is 1. The average Bonchev–Trinajstić information content (AvgIpc) is 2.73. The standard InChI is InChI=1S/C22H14ClF4N3O/c23-14-5-8-18(29-11-14)30-19(13-4-7-16(17(24)10-13)22(25,26)27)15-6-3-12-2-1-9-28-20(12)21(15)31/h1-11,19,31H,(H,29,30). The first kappa shape index (κ1) is 20.9. The molecule has 0 saturated heterocycles. The van der Waals surface area contributed by atoms with E-state index >= 15 is 0 Å². The number of hydrogen-bond donors (Lipinski definition) is 2. The zero-order chi connectivity index (χ0) is 22.2. The van der Waals surface area contributed by atoms with Gasteiger partial charge in [0.25, 0.3) is 0 Å². The van der Waals surface area contributed by atoms with Crippen molar-refractivity contribution < 1.29 is 22.7 Å². The summed E-state index contributed by atoms with van der Waals surface area (Å²) in [4.78, 5) is 8.29. The van der Waals surface area contributed by atoms with Gasteiger partial charge < -0.3 is 10.4 Å². The van der Waals surface area contributed by atoms with Crippen LogP contribution in [0.25, 0.3) is 10.9 Å². The minimum Gasteiger partial charge on any atom is -0.505 e. The van der Waals surface area contributed by atoms with Gasteiger partial charge in [-0.3, -0.25) is 4.98 Å². The molecule has 9 heteroatoms. The number of alkyl halides is 3. The molecular formula is C22H14ClF4N3O. The number of nitrogens with zero attached hydrogens (tertiary/aromatic N) is 2. The van der Waals surface area contributed by atoms with E-state index in [2.05, 4.69) is 15.3 Å². The molecule has 4 nitrogen and oxygen atoms in total. The number of anilines is 1. The Hall–Kier alpha value is -3.39. The van der Waals surface area contributed by atoms with Crippen LogP contribution in [0.5, 0.6) is 5.75 Å². The Labute approximate surface area is 179 Å². The van der Waals surface area contributed by atoms with Gasteiger partial charge in [-0.05, 0) is 35.9 Å². The predicted molar refractivity (Wildman–Crippen MR) is 110 cm³/mol. The largest absolute Gasteiger partial charge is 0.505 e. The van der Waals surface area contributed by atoms with Crippen LogP contribution in [-0.4, -0.2) is 15.1 Å². The van der Waals surface area contributed by atoms with Gasteiger partial charge in [0.05, 0.1) is 16.6 Å². The third-order valence-electron chi connectivity index (χ3n) is 4.74. The summed E-state index contributed by atoms with van der Waals surface area (Å²) >= 11 is 5.86. The van der Waals surface area contributed by atoms with E-state index in [0.717, 1.165) is 12.1 Å². The third kappa shape index (κ3) is 4.25. The number of aromatic nitrogens is 2. The maximum Gasteiger partial charge on any atom is 0.419 e. The number of nitrogens with one attached hydrogen (secondary N) is 1. The zero-order valence-electron chi connectivity index (χ0n) is 15.7. The molecule has 4 aromatic rings. The van der Waals surface area contributed by atoms with E-state index in [0.29, 0.717) is 33.4 Å². The fourth-order valence-electron chi connectivity index (χ4n) is 3.27. The second-order valence-corrected chi connectivity index (χ2v) is 7.19. The van der Waals surface area contributed by atoms with Crippen molar-refractivity contribution in [1.82, 2.24) is 9.97 Å². The lowest BCUT2D eigenvalue weighted by Gasteiger charge is -2.22. The highest BCUT2D eigenvalue weighted by Gasteiger charge is 2.34. The lowest BCUT2D eigenvalue weighted by molar-refractivity contribution is -0.140. The Kier molecular flexibility index (Phi) is 5.41. The molecule has 31 heavy (non-hydrogen) atoms. The van der Waals surface area contributed by atoms with E-state index in [9.17, 15) is 22.7 Å². The number of fused-ring (bicyclic) bond motifs is 1. The summed E-state index contributed by atoms with van der Waals surface area (Å²) in [5.74, 6) is -1.26. The summed E-state index contributed by atoms with van der Waals surface area (Å²) in [6.07, 6.45) is -1.93. The molecule has 0 saturated carbocycles. The zero-order valence-corrected chi connectivity index (χ0v) is 16.4. The quantitative estimate of drug-likeness (QED) is 0.358. The van der Waals surface area contributed by atoms with Gasteiger partial charge in [-0.25, -0.2) is 9.37 Å². The molecule has 4 rings (SSSR count). The van der Waals surface area contributed by atoms with E-state index in [4.69, 9.17) is 11.6 Å². The first-order valence-corrected chi connectivity index (χ1v) is 9.43. The van der Waals surface area contributed by atoms with Gasteiger partial charge >= 0.3 is 6.18 Å². The predicted octanol–water partition coefficient (Wildman–Crippen LogP) is 6.35. The van der Waals surface area contributed by atoms with Gasteiger partial charge in [0.15, 0.2) is 0 Å². The summed E-state index contributed by atoms with van der Waals surface area (Å²) in [5.41, 5.74) is -0.609. The van der Waals surface area contributed by atoms with Crippen LogP contribution in [0.15, 0.2) is 67.0 Å². The summed E-state index contributed by atoms with van der Waals surface area (Å²) < 4.78 is 53.3. The Morgan fingerprint density at radius 2 is 1.81 bits per heavy atom. The van der Waals surface area contributed by atoms with Crippen LogP contribution in [-0.2, 0) is 6.18 Å². The van der Waals surface area contributed by atoms with Crippen molar-refractivity contribution in [3.63, 3.8) is 0 Å². The fourth-order valence-corrected chi connectivity index (χ4v) is 3.38. The maximum atomic E-state index is 14.3. The third-order valence-corrected chi connectivity index (χ3v) is 4.97. The number of halogens is 5.